The van der Waals surface area contributed by atoms with Gasteiger partial charge in [0, 0.05) is 45.0 Å². The van der Waals surface area contributed by atoms with Gasteiger partial charge in [-0.2, -0.15) is 0 Å². The second-order valence-corrected chi connectivity index (χ2v) is 8.66. The molecule has 0 aromatic carbocycles. The minimum Gasteiger partial charge on any atom is -0.356 e. The number of aliphatic imine (C=N–C) groups is 1. The SMILES string of the molecule is CN=C(NCCNS(=O)(=O)c1ccc(Cl)s1)NCCc1ccccn1. The standard InChI is InChI=1S/C15H20ClN5O2S2/c1-17-15(19-9-7-12-4-2-3-8-18-12)20-10-11-21-25(22,23)14-6-5-13(16)24-14/h2-6,8,21H,7,9-11H2,1H3,(H2,17,19,20). The van der Waals surface area contributed by atoms with Crippen molar-refractivity contribution >= 4 is 38.9 Å². The molecule has 0 saturated carbocycles. The van der Waals surface area contributed by atoms with E-state index in [1.54, 1.807) is 19.3 Å². The summed E-state index contributed by atoms with van der Waals surface area (Å²) < 4.78 is 27.3. The molecule has 2 rings (SSSR count). The van der Waals surface area contributed by atoms with Crippen LogP contribution in [-0.4, -0.2) is 46.0 Å². The fourth-order valence-corrected chi connectivity index (χ4v) is 4.51. The number of hydrogen-bond acceptors (Lipinski definition) is 5. The van der Waals surface area contributed by atoms with E-state index in [-0.39, 0.29) is 10.8 Å². The predicted molar refractivity (Wildman–Crippen MR) is 102 cm³/mol. The number of halogens is 1. The molecular weight excluding hydrogens is 382 g/mol. The smallest absolute Gasteiger partial charge is 0.250 e. The first kappa shape index (κ1) is 19.6. The summed E-state index contributed by atoms with van der Waals surface area (Å²) in [6.07, 6.45) is 2.53. The Hall–Kier alpha value is -1.68. The third-order valence-electron chi connectivity index (χ3n) is 3.15. The zero-order chi connectivity index (χ0) is 18.1. The third kappa shape index (κ3) is 6.62. The van der Waals surface area contributed by atoms with E-state index >= 15 is 0 Å². The van der Waals surface area contributed by atoms with Gasteiger partial charge in [-0.15, -0.1) is 11.3 Å². The van der Waals surface area contributed by atoms with Crippen molar-refractivity contribution in [2.75, 3.05) is 26.7 Å². The number of thiophene rings is 1. The maximum Gasteiger partial charge on any atom is 0.250 e. The molecule has 3 N–H and O–H groups in total. The van der Waals surface area contributed by atoms with Crippen LogP contribution in [0.15, 0.2) is 45.7 Å². The lowest BCUT2D eigenvalue weighted by Gasteiger charge is -2.12. The third-order valence-corrected chi connectivity index (χ3v) is 6.33. The van der Waals surface area contributed by atoms with Gasteiger partial charge in [0.1, 0.15) is 4.21 Å². The van der Waals surface area contributed by atoms with Gasteiger partial charge in [-0.3, -0.25) is 9.98 Å². The quantitative estimate of drug-likeness (QED) is 0.354. The molecule has 0 aliphatic rings. The van der Waals surface area contributed by atoms with Gasteiger partial charge in [0.05, 0.1) is 4.34 Å². The Labute approximate surface area is 156 Å². The molecule has 2 heterocycles. The monoisotopic (exact) mass is 401 g/mol. The highest BCUT2D eigenvalue weighted by Gasteiger charge is 2.15. The Balaban J connectivity index is 1.69. The first-order valence-corrected chi connectivity index (χ1v) is 10.3. The summed E-state index contributed by atoms with van der Waals surface area (Å²) in [4.78, 5) is 8.35. The molecule has 0 amide bonds. The van der Waals surface area contributed by atoms with Gasteiger partial charge in [-0.1, -0.05) is 17.7 Å². The maximum absolute atomic E-state index is 12.0. The lowest BCUT2D eigenvalue weighted by atomic mass is 10.3. The highest BCUT2D eigenvalue weighted by Crippen LogP contribution is 2.25. The van der Waals surface area contributed by atoms with Crippen molar-refractivity contribution < 1.29 is 8.42 Å². The van der Waals surface area contributed by atoms with Crippen LogP contribution in [0, 0.1) is 0 Å². The second kappa shape index (κ2) is 9.71. The molecule has 0 saturated heterocycles. The van der Waals surface area contributed by atoms with Crippen molar-refractivity contribution in [2.24, 2.45) is 4.99 Å². The molecule has 136 valence electrons. The number of nitrogens with zero attached hydrogens (tertiary/aromatic N) is 2. The highest BCUT2D eigenvalue weighted by atomic mass is 35.5. The van der Waals surface area contributed by atoms with Crippen LogP contribution >= 0.6 is 22.9 Å². The molecule has 0 aliphatic carbocycles. The number of sulfonamides is 1. The van der Waals surface area contributed by atoms with E-state index in [1.807, 2.05) is 18.2 Å². The number of guanidine groups is 1. The zero-order valence-corrected chi connectivity index (χ0v) is 16.1. The summed E-state index contributed by atoms with van der Waals surface area (Å²) in [5.41, 5.74) is 0.993. The largest absolute Gasteiger partial charge is 0.356 e. The summed E-state index contributed by atoms with van der Waals surface area (Å²) in [5.74, 6) is 0.606. The molecule has 0 radical (unpaired) electrons. The molecule has 0 fully saturated rings. The summed E-state index contributed by atoms with van der Waals surface area (Å²) in [5, 5.41) is 6.21. The van der Waals surface area contributed by atoms with Crippen LogP contribution in [0.5, 0.6) is 0 Å². The molecule has 0 spiro atoms. The average molecular weight is 402 g/mol. The first-order valence-electron chi connectivity index (χ1n) is 7.61. The number of rotatable bonds is 8. The van der Waals surface area contributed by atoms with Crippen molar-refractivity contribution in [1.29, 1.82) is 0 Å². The van der Waals surface area contributed by atoms with Crippen molar-refractivity contribution in [1.82, 2.24) is 20.3 Å². The number of aromatic nitrogens is 1. The maximum atomic E-state index is 12.0. The van der Waals surface area contributed by atoms with E-state index in [0.717, 1.165) is 23.5 Å². The van der Waals surface area contributed by atoms with Crippen molar-refractivity contribution in [3.05, 3.63) is 46.6 Å². The van der Waals surface area contributed by atoms with Crippen molar-refractivity contribution in [2.45, 2.75) is 10.6 Å². The number of hydrogen-bond donors (Lipinski definition) is 3. The van der Waals surface area contributed by atoms with Crippen LogP contribution < -0.4 is 15.4 Å². The van der Waals surface area contributed by atoms with Crippen molar-refractivity contribution in [3.63, 3.8) is 0 Å². The van der Waals surface area contributed by atoms with Gasteiger partial charge in [0.15, 0.2) is 5.96 Å². The molecule has 7 nitrogen and oxygen atoms in total. The van der Waals surface area contributed by atoms with Gasteiger partial charge in [0.25, 0.3) is 0 Å². The Bertz CT molecular complexity index is 793. The summed E-state index contributed by atoms with van der Waals surface area (Å²) in [7, 11) is -1.86. The average Bonchev–Trinajstić information content (AvgIpc) is 3.05. The molecular formula is C15H20ClN5O2S2. The van der Waals surface area contributed by atoms with Crippen LogP contribution in [0.4, 0.5) is 0 Å². The molecule has 2 aromatic rings. The minimum absolute atomic E-state index is 0.204. The molecule has 2 aromatic heterocycles. The van der Waals surface area contributed by atoms with Gasteiger partial charge in [0.2, 0.25) is 10.0 Å². The molecule has 0 aliphatic heterocycles. The van der Waals surface area contributed by atoms with E-state index in [2.05, 4.69) is 25.3 Å². The fourth-order valence-electron chi connectivity index (χ4n) is 1.96. The lowest BCUT2D eigenvalue weighted by Crippen LogP contribution is -2.42. The topological polar surface area (TPSA) is 95.5 Å². The summed E-state index contributed by atoms with van der Waals surface area (Å²) >= 11 is 6.79. The summed E-state index contributed by atoms with van der Waals surface area (Å²) in [6.45, 7) is 1.32. The Morgan fingerprint density at radius 1 is 1.20 bits per heavy atom. The van der Waals surface area contributed by atoms with E-state index in [0.29, 0.717) is 23.4 Å². The highest BCUT2D eigenvalue weighted by molar-refractivity contribution is 7.91. The van der Waals surface area contributed by atoms with Crippen LogP contribution in [0.3, 0.4) is 0 Å². The Kier molecular flexibility index (Phi) is 7.63. The van der Waals surface area contributed by atoms with Crippen LogP contribution in [0.1, 0.15) is 5.69 Å². The molecule has 0 atom stereocenters. The van der Waals surface area contributed by atoms with Crippen LogP contribution in [0.25, 0.3) is 0 Å². The Morgan fingerprint density at radius 3 is 2.64 bits per heavy atom. The van der Waals surface area contributed by atoms with E-state index in [1.165, 1.54) is 6.07 Å². The normalized spacial score (nSPS) is 12.2. The van der Waals surface area contributed by atoms with E-state index < -0.39 is 10.0 Å². The zero-order valence-electron chi connectivity index (χ0n) is 13.7. The van der Waals surface area contributed by atoms with Gasteiger partial charge in [-0.05, 0) is 24.3 Å². The lowest BCUT2D eigenvalue weighted by molar-refractivity contribution is 0.582. The molecule has 0 unspecified atom stereocenters. The number of nitrogens with one attached hydrogen (secondary N) is 3. The molecule has 0 bridgehead atoms. The van der Waals surface area contributed by atoms with Gasteiger partial charge < -0.3 is 10.6 Å². The minimum atomic E-state index is -3.52. The summed E-state index contributed by atoms with van der Waals surface area (Å²) in [6, 6.07) is 8.83. The van der Waals surface area contributed by atoms with Crippen LogP contribution in [-0.2, 0) is 16.4 Å². The Morgan fingerprint density at radius 2 is 2.00 bits per heavy atom. The van der Waals surface area contributed by atoms with Gasteiger partial charge in [-0.25, -0.2) is 13.1 Å². The molecule has 25 heavy (non-hydrogen) atoms. The first-order chi connectivity index (χ1) is 12.0. The van der Waals surface area contributed by atoms with E-state index in [9.17, 15) is 8.42 Å². The van der Waals surface area contributed by atoms with Crippen molar-refractivity contribution in [3.8, 4) is 0 Å². The number of pyridine rings is 1. The van der Waals surface area contributed by atoms with Crippen LogP contribution in [0.2, 0.25) is 4.34 Å². The molecule has 10 heteroatoms. The second-order valence-electron chi connectivity index (χ2n) is 4.95. The van der Waals surface area contributed by atoms with Gasteiger partial charge >= 0.3 is 0 Å². The fraction of sp³-hybridized carbons (Fsp3) is 0.333. The predicted octanol–water partition coefficient (Wildman–Crippen LogP) is 1.48. The van der Waals surface area contributed by atoms with E-state index in [4.69, 9.17) is 11.6 Å².